The van der Waals surface area contributed by atoms with Gasteiger partial charge in [0, 0.05) is 24.2 Å². The molecular formula is C17H20F4N2. The number of hydrogen-bond acceptors (Lipinski definition) is 2. The van der Waals surface area contributed by atoms with Crippen molar-refractivity contribution in [3.63, 3.8) is 0 Å². The van der Waals surface area contributed by atoms with Crippen LogP contribution in [0.1, 0.15) is 31.7 Å². The molecule has 6 heteroatoms. The van der Waals surface area contributed by atoms with Gasteiger partial charge < -0.3 is 10.7 Å². The van der Waals surface area contributed by atoms with Gasteiger partial charge in [0.15, 0.2) is 11.6 Å². The summed E-state index contributed by atoms with van der Waals surface area (Å²) < 4.78 is 52.0. The van der Waals surface area contributed by atoms with E-state index < -0.39 is 24.5 Å². The lowest BCUT2D eigenvalue weighted by Crippen LogP contribution is -2.18. The summed E-state index contributed by atoms with van der Waals surface area (Å²) in [6, 6.07) is 3.70. The van der Waals surface area contributed by atoms with Crippen LogP contribution < -0.4 is 5.32 Å². The van der Waals surface area contributed by atoms with Crippen molar-refractivity contribution in [1.29, 1.82) is 5.41 Å². The molecule has 0 saturated carbocycles. The van der Waals surface area contributed by atoms with Crippen LogP contribution in [0.25, 0.3) is 0 Å². The van der Waals surface area contributed by atoms with Crippen LogP contribution in [0.4, 0.5) is 17.6 Å². The van der Waals surface area contributed by atoms with Crippen LogP contribution in [0.15, 0.2) is 42.1 Å². The first kappa shape index (κ1) is 18.9. The average Bonchev–Trinajstić information content (AvgIpc) is 2.48. The first-order valence-corrected chi connectivity index (χ1v) is 7.27. The summed E-state index contributed by atoms with van der Waals surface area (Å²) in [5, 5.41) is 10.5. The normalized spacial score (nSPS) is 11.7. The smallest absolute Gasteiger partial charge is 0.244 e. The van der Waals surface area contributed by atoms with Gasteiger partial charge in [-0.3, -0.25) is 0 Å². The number of hydrogen-bond donors (Lipinski definition) is 2. The molecule has 0 atom stereocenters. The number of halogens is 4. The molecular weight excluding hydrogens is 308 g/mol. The van der Waals surface area contributed by atoms with Gasteiger partial charge in [-0.15, -0.1) is 0 Å². The van der Waals surface area contributed by atoms with Gasteiger partial charge in [-0.05, 0) is 24.1 Å². The fourth-order valence-corrected chi connectivity index (χ4v) is 1.95. The maximum Gasteiger partial charge on any atom is 0.244 e. The molecule has 0 saturated heterocycles. The summed E-state index contributed by atoms with van der Waals surface area (Å²) in [6.07, 6.45) is -0.560. The first-order chi connectivity index (χ1) is 10.8. The van der Waals surface area contributed by atoms with E-state index in [1.807, 2.05) is 6.92 Å². The zero-order valence-corrected chi connectivity index (χ0v) is 12.9. The van der Waals surface area contributed by atoms with E-state index in [-0.39, 0.29) is 23.5 Å². The van der Waals surface area contributed by atoms with Gasteiger partial charge in [0.1, 0.15) is 0 Å². The van der Waals surface area contributed by atoms with Crippen molar-refractivity contribution >= 4 is 5.71 Å². The molecule has 1 rings (SSSR count). The zero-order valence-electron chi connectivity index (χ0n) is 12.9. The number of rotatable bonds is 9. The lowest BCUT2D eigenvalue weighted by molar-refractivity contribution is 0.146. The lowest BCUT2D eigenvalue weighted by Gasteiger charge is -2.13. The first-order valence-electron chi connectivity index (χ1n) is 7.27. The maximum atomic E-state index is 13.6. The quantitative estimate of drug-likeness (QED) is 0.487. The van der Waals surface area contributed by atoms with Gasteiger partial charge in [-0.25, -0.2) is 17.6 Å². The third-order valence-corrected chi connectivity index (χ3v) is 3.16. The standard InChI is InChI=1S/C17H20F4N2/c1-3-5-11(2)15(22)8-13(9-16(19)20)23-10-12-6-4-7-14(18)17(12)21/h4,6-8,16,22-23H,2-3,5,9-10H2,1H3/b13-8-,22-15?. The second kappa shape index (κ2) is 9.12. The molecule has 1 aromatic carbocycles. The summed E-state index contributed by atoms with van der Waals surface area (Å²) in [7, 11) is 0. The van der Waals surface area contributed by atoms with Crippen LogP contribution in [-0.2, 0) is 6.54 Å². The SMILES string of the molecule is C=C(CCC)C(=N)/C=C(/CC(F)F)NCc1cccc(F)c1F. The minimum absolute atomic E-state index is 0.0316. The van der Waals surface area contributed by atoms with Crippen LogP contribution >= 0.6 is 0 Å². The van der Waals surface area contributed by atoms with Gasteiger partial charge in [0.05, 0.1) is 5.71 Å². The molecule has 0 unspecified atom stereocenters. The molecule has 1 aromatic rings. The molecule has 0 radical (unpaired) electrons. The Morgan fingerprint density at radius 2 is 2.04 bits per heavy atom. The van der Waals surface area contributed by atoms with Crippen LogP contribution in [0.5, 0.6) is 0 Å². The fourth-order valence-electron chi connectivity index (χ4n) is 1.95. The Morgan fingerprint density at radius 3 is 2.65 bits per heavy atom. The topological polar surface area (TPSA) is 35.9 Å². The number of alkyl halides is 2. The Kier molecular flexibility index (Phi) is 7.51. The van der Waals surface area contributed by atoms with Crippen molar-refractivity contribution in [2.45, 2.75) is 39.2 Å². The Hall–Kier alpha value is -2.11. The lowest BCUT2D eigenvalue weighted by atomic mass is 10.1. The molecule has 0 amide bonds. The maximum absolute atomic E-state index is 13.6. The molecule has 0 aliphatic rings. The zero-order chi connectivity index (χ0) is 17.4. The highest BCUT2D eigenvalue weighted by Crippen LogP contribution is 2.14. The van der Waals surface area contributed by atoms with Gasteiger partial charge >= 0.3 is 0 Å². The van der Waals surface area contributed by atoms with Crippen LogP contribution in [0.3, 0.4) is 0 Å². The van der Waals surface area contributed by atoms with E-state index in [0.29, 0.717) is 12.0 Å². The third-order valence-electron chi connectivity index (χ3n) is 3.16. The van der Waals surface area contributed by atoms with E-state index in [0.717, 1.165) is 12.5 Å². The summed E-state index contributed by atoms with van der Waals surface area (Å²) >= 11 is 0. The second-order valence-corrected chi connectivity index (χ2v) is 5.10. The minimum Gasteiger partial charge on any atom is -0.384 e. The Balaban J connectivity index is 2.84. The predicted molar refractivity (Wildman–Crippen MR) is 83.7 cm³/mol. The van der Waals surface area contributed by atoms with E-state index in [1.54, 1.807) is 0 Å². The highest BCUT2D eigenvalue weighted by Gasteiger charge is 2.12. The Bertz CT molecular complexity index is 594. The molecule has 2 nitrogen and oxygen atoms in total. The van der Waals surface area contributed by atoms with Gasteiger partial charge in [-0.2, -0.15) is 0 Å². The highest BCUT2D eigenvalue weighted by atomic mass is 19.3. The van der Waals surface area contributed by atoms with Crippen molar-refractivity contribution < 1.29 is 17.6 Å². The van der Waals surface area contributed by atoms with Gasteiger partial charge in [0.25, 0.3) is 0 Å². The molecule has 23 heavy (non-hydrogen) atoms. The molecule has 0 aliphatic heterocycles. The molecule has 2 N–H and O–H groups in total. The number of benzene rings is 1. The summed E-state index contributed by atoms with van der Waals surface area (Å²) in [4.78, 5) is 0. The summed E-state index contributed by atoms with van der Waals surface area (Å²) in [5.74, 6) is -2.00. The molecule has 0 spiro atoms. The van der Waals surface area contributed by atoms with Crippen molar-refractivity contribution in [3.05, 3.63) is 59.3 Å². The summed E-state index contributed by atoms with van der Waals surface area (Å²) in [5.41, 5.74) is 0.711. The fraction of sp³-hybridized carbons (Fsp3) is 0.353. The Morgan fingerprint density at radius 1 is 1.35 bits per heavy atom. The molecule has 0 aliphatic carbocycles. The molecule has 126 valence electrons. The van der Waals surface area contributed by atoms with Crippen molar-refractivity contribution in [2.24, 2.45) is 0 Å². The minimum atomic E-state index is -2.61. The summed E-state index contributed by atoms with van der Waals surface area (Å²) in [6.45, 7) is 5.51. The molecule has 0 aromatic heterocycles. The van der Waals surface area contributed by atoms with Crippen molar-refractivity contribution in [3.8, 4) is 0 Å². The van der Waals surface area contributed by atoms with Crippen molar-refractivity contribution in [2.75, 3.05) is 0 Å². The largest absolute Gasteiger partial charge is 0.384 e. The highest BCUT2D eigenvalue weighted by molar-refractivity contribution is 6.06. The van der Waals surface area contributed by atoms with Crippen LogP contribution in [-0.4, -0.2) is 12.1 Å². The van der Waals surface area contributed by atoms with E-state index in [2.05, 4.69) is 11.9 Å². The Labute approximate surface area is 133 Å². The van der Waals surface area contributed by atoms with E-state index in [4.69, 9.17) is 5.41 Å². The van der Waals surface area contributed by atoms with E-state index in [9.17, 15) is 17.6 Å². The second-order valence-electron chi connectivity index (χ2n) is 5.10. The monoisotopic (exact) mass is 328 g/mol. The van der Waals surface area contributed by atoms with Crippen LogP contribution in [0, 0.1) is 17.0 Å². The van der Waals surface area contributed by atoms with E-state index in [1.165, 1.54) is 18.2 Å². The van der Waals surface area contributed by atoms with Crippen LogP contribution in [0.2, 0.25) is 0 Å². The molecule has 0 heterocycles. The van der Waals surface area contributed by atoms with Crippen molar-refractivity contribution in [1.82, 2.24) is 5.32 Å². The molecule has 0 bridgehead atoms. The molecule has 0 fully saturated rings. The average molecular weight is 328 g/mol. The number of nitrogens with one attached hydrogen (secondary N) is 2. The van der Waals surface area contributed by atoms with E-state index >= 15 is 0 Å². The van der Waals surface area contributed by atoms with Gasteiger partial charge in [0.2, 0.25) is 6.43 Å². The number of allylic oxidation sites excluding steroid dienone is 3. The third kappa shape index (κ3) is 6.26. The van der Waals surface area contributed by atoms with Gasteiger partial charge in [-0.1, -0.05) is 32.1 Å². The predicted octanol–water partition coefficient (Wildman–Crippen LogP) is 4.97.